The van der Waals surface area contributed by atoms with E-state index in [1.807, 2.05) is 28.0 Å². The Balaban J connectivity index is 1.21. The van der Waals surface area contributed by atoms with Crippen LogP contribution < -0.4 is 9.64 Å². The topological polar surface area (TPSA) is 88.3 Å². The number of piperazine rings is 1. The van der Waals surface area contributed by atoms with E-state index in [4.69, 9.17) is 4.74 Å². The minimum absolute atomic E-state index is 0.00136. The van der Waals surface area contributed by atoms with E-state index in [1.54, 1.807) is 30.3 Å². The third-order valence-corrected chi connectivity index (χ3v) is 7.49. The smallest absolute Gasteiger partial charge is 0.416 e. The number of alkyl halides is 3. The zero-order valence-electron chi connectivity index (χ0n) is 21.0. The third kappa shape index (κ3) is 6.28. The van der Waals surface area contributed by atoms with Crippen molar-refractivity contribution < 1.29 is 27.6 Å². The number of rotatable bonds is 6. The highest BCUT2D eigenvalue weighted by atomic mass is 32.2. The molecule has 1 fully saturated rings. The van der Waals surface area contributed by atoms with Gasteiger partial charge in [-0.05, 0) is 59.8 Å². The summed E-state index contributed by atoms with van der Waals surface area (Å²) in [7, 11) is 0. The Morgan fingerprint density at radius 2 is 1.68 bits per heavy atom. The largest absolute Gasteiger partial charge is 0.488 e. The number of benzene rings is 3. The Bertz CT molecular complexity index is 1480. The van der Waals surface area contributed by atoms with Crippen LogP contribution >= 0.6 is 11.8 Å². The van der Waals surface area contributed by atoms with Crippen molar-refractivity contribution in [2.24, 2.45) is 4.99 Å². The lowest BCUT2D eigenvalue weighted by Crippen LogP contribution is -2.47. The molecular weight excluding hydrogens is 545 g/mol. The molecule has 1 amide bonds. The van der Waals surface area contributed by atoms with Gasteiger partial charge in [0.05, 0.1) is 15.4 Å². The van der Waals surface area contributed by atoms with Gasteiger partial charge in [-0.1, -0.05) is 24.3 Å². The average Bonchev–Trinajstić information content (AvgIpc) is 3.32. The Kier molecular flexibility index (Phi) is 7.78. The maximum atomic E-state index is 13.1. The molecule has 0 atom stereocenters. The van der Waals surface area contributed by atoms with Crippen molar-refractivity contribution >= 4 is 40.3 Å². The van der Waals surface area contributed by atoms with Crippen LogP contribution in [0.4, 0.5) is 24.5 Å². The van der Waals surface area contributed by atoms with E-state index >= 15 is 0 Å². The number of thioether (sulfide) groups is 1. The fraction of sp³-hybridized carbons (Fsp3) is 0.214. The van der Waals surface area contributed by atoms with Gasteiger partial charge in [-0.2, -0.15) is 18.2 Å². The molecular formula is C28H23F3N4O4S. The van der Waals surface area contributed by atoms with Crippen LogP contribution in [0.15, 0.2) is 82.7 Å². The van der Waals surface area contributed by atoms with Gasteiger partial charge in [-0.15, -0.1) is 0 Å². The molecule has 0 unspecified atom stereocenters. The molecule has 2 aliphatic heterocycles. The fourth-order valence-electron chi connectivity index (χ4n) is 4.32. The second kappa shape index (κ2) is 11.4. The van der Waals surface area contributed by atoms with Crippen molar-refractivity contribution in [2.75, 3.05) is 31.1 Å². The molecule has 3 aromatic rings. The van der Waals surface area contributed by atoms with Crippen LogP contribution in [0.5, 0.6) is 5.75 Å². The van der Waals surface area contributed by atoms with Gasteiger partial charge < -0.3 is 14.5 Å². The molecule has 0 saturated carbocycles. The first kappa shape index (κ1) is 27.3. The lowest BCUT2D eigenvalue weighted by atomic mass is 10.1. The molecule has 1 saturated heterocycles. The predicted molar refractivity (Wildman–Crippen MR) is 147 cm³/mol. The molecule has 0 spiro atoms. The monoisotopic (exact) mass is 568 g/mol. The molecule has 40 heavy (non-hydrogen) atoms. The summed E-state index contributed by atoms with van der Waals surface area (Å²) in [6.45, 7) is 2.20. The number of aliphatic imine (C=N–C) groups is 1. The number of nitro benzene ring substituents is 1. The molecule has 5 rings (SSSR count). The van der Waals surface area contributed by atoms with Crippen LogP contribution in [0, 0.1) is 10.1 Å². The number of nitrogens with zero attached hydrogens (tertiary/aromatic N) is 4. The van der Waals surface area contributed by atoms with Crippen LogP contribution in [0.2, 0.25) is 0 Å². The Labute approximate surface area is 231 Å². The van der Waals surface area contributed by atoms with Gasteiger partial charge in [0.2, 0.25) is 0 Å². The summed E-state index contributed by atoms with van der Waals surface area (Å²) in [6.07, 6.45) is -2.68. The molecule has 8 nitrogen and oxygen atoms in total. The number of anilines is 1. The first-order valence-corrected chi connectivity index (χ1v) is 13.1. The summed E-state index contributed by atoms with van der Waals surface area (Å²) in [6, 6.07) is 18.6. The average molecular weight is 569 g/mol. The van der Waals surface area contributed by atoms with Crippen LogP contribution in [0.1, 0.15) is 16.7 Å². The second-order valence-electron chi connectivity index (χ2n) is 9.08. The van der Waals surface area contributed by atoms with Crippen molar-refractivity contribution in [3.63, 3.8) is 0 Å². The van der Waals surface area contributed by atoms with Gasteiger partial charge in [0.1, 0.15) is 12.4 Å². The first-order chi connectivity index (χ1) is 19.2. The minimum Gasteiger partial charge on any atom is -0.488 e. The number of ether oxygens (including phenoxy) is 1. The standard InChI is InChI=1S/C28H23F3N4O4S/c29-28(30,31)21-5-3-6-23(17-21)33-12-14-34(15-13-33)27-32-26(36)25(40-27)16-20-4-1-2-7-24(20)39-18-19-8-10-22(11-9-19)35(37)38/h1-11,16-17H,12-15,18H2/b25-16+. The van der Waals surface area contributed by atoms with E-state index in [9.17, 15) is 28.1 Å². The van der Waals surface area contributed by atoms with Crippen molar-refractivity contribution in [3.8, 4) is 5.75 Å². The van der Waals surface area contributed by atoms with E-state index in [-0.39, 0.29) is 18.2 Å². The van der Waals surface area contributed by atoms with Gasteiger partial charge >= 0.3 is 6.18 Å². The summed E-state index contributed by atoms with van der Waals surface area (Å²) in [5, 5.41) is 11.4. The number of non-ortho nitro benzene ring substituents is 1. The van der Waals surface area contributed by atoms with Gasteiger partial charge in [-0.25, -0.2) is 0 Å². The molecule has 206 valence electrons. The summed E-state index contributed by atoms with van der Waals surface area (Å²) >= 11 is 1.25. The summed E-state index contributed by atoms with van der Waals surface area (Å²) in [5.74, 6) is 0.176. The van der Waals surface area contributed by atoms with Crippen LogP contribution in [-0.4, -0.2) is 47.1 Å². The number of carbonyl (C=O) groups excluding carboxylic acids is 1. The first-order valence-electron chi connectivity index (χ1n) is 12.3. The molecule has 0 radical (unpaired) electrons. The second-order valence-corrected chi connectivity index (χ2v) is 10.1. The number of nitro groups is 1. The molecule has 2 aliphatic rings. The van der Waals surface area contributed by atoms with E-state index in [1.165, 1.54) is 30.0 Å². The van der Waals surface area contributed by atoms with Crippen molar-refractivity contribution in [1.29, 1.82) is 0 Å². The van der Waals surface area contributed by atoms with Crippen LogP contribution in [0.25, 0.3) is 6.08 Å². The van der Waals surface area contributed by atoms with Crippen LogP contribution in [-0.2, 0) is 17.6 Å². The molecule has 0 aromatic heterocycles. The molecule has 0 N–H and O–H groups in total. The SMILES string of the molecule is O=C1N=C(N2CCN(c3cccc(C(F)(F)F)c3)CC2)S/C1=C/c1ccccc1OCc1ccc([N+](=O)[O-])cc1. The molecule has 0 bridgehead atoms. The molecule has 0 aliphatic carbocycles. The van der Waals surface area contributed by atoms with E-state index < -0.39 is 16.7 Å². The Hall–Kier alpha value is -4.32. The molecule has 3 aromatic carbocycles. The Morgan fingerprint density at radius 3 is 2.38 bits per heavy atom. The maximum Gasteiger partial charge on any atom is 0.416 e. The third-order valence-electron chi connectivity index (χ3n) is 6.45. The molecule has 12 heteroatoms. The van der Waals surface area contributed by atoms with Crippen molar-refractivity contribution in [3.05, 3.63) is 105 Å². The van der Waals surface area contributed by atoms with Gasteiger partial charge in [0.25, 0.3) is 11.6 Å². The summed E-state index contributed by atoms with van der Waals surface area (Å²) in [4.78, 5) is 31.6. The summed E-state index contributed by atoms with van der Waals surface area (Å²) in [5.41, 5.74) is 1.27. The normalized spacial score (nSPS) is 16.8. The number of carbonyl (C=O) groups is 1. The number of hydrogen-bond donors (Lipinski definition) is 0. The number of halogens is 3. The summed E-state index contributed by atoms with van der Waals surface area (Å²) < 4.78 is 45.2. The quantitative estimate of drug-likeness (QED) is 0.205. The number of amides is 1. The highest BCUT2D eigenvalue weighted by Gasteiger charge is 2.32. The maximum absolute atomic E-state index is 13.1. The number of hydrogen-bond acceptors (Lipinski definition) is 7. The lowest BCUT2D eigenvalue weighted by Gasteiger charge is -2.36. The Morgan fingerprint density at radius 1 is 0.975 bits per heavy atom. The van der Waals surface area contributed by atoms with Crippen molar-refractivity contribution in [1.82, 2.24) is 4.90 Å². The highest BCUT2D eigenvalue weighted by Crippen LogP contribution is 2.34. The van der Waals surface area contributed by atoms with E-state index in [2.05, 4.69) is 4.99 Å². The zero-order valence-corrected chi connectivity index (χ0v) is 21.8. The van der Waals surface area contributed by atoms with Crippen LogP contribution in [0.3, 0.4) is 0 Å². The number of para-hydroxylation sites is 1. The predicted octanol–water partition coefficient (Wildman–Crippen LogP) is 5.99. The van der Waals surface area contributed by atoms with Gasteiger partial charge in [-0.3, -0.25) is 14.9 Å². The minimum atomic E-state index is -4.40. The number of amidine groups is 1. The van der Waals surface area contributed by atoms with Crippen molar-refractivity contribution in [2.45, 2.75) is 12.8 Å². The van der Waals surface area contributed by atoms with Gasteiger partial charge in [0, 0.05) is 49.6 Å². The van der Waals surface area contributed by atoms with E-state index in [0.29, 0.717) is 53.3 Å². The molecule has 2 heterocycles. The lowest BCUT2D eigenvalue weighted by molar-refractivity contribution is -0.384. The van der Waals surface area contributed by atoms with Gasteiger partial charge in [0.15, 0.2) is 5.17 Å². The highest BCUT2D eigenvalue weighted by molar-refractivity contribution is 8.18. The fourth-order valence-corrected chi connectivity index (χ4v) is 5.27. The zero-order chi connectivity index (χ0) is 28.3. The van der Waals surface area contributed by atoms with E-state index in [0.717, 1.165) is 17.7 Å².